The molecule has 3 heteroatoms. The third kappa shape index (κ3) is 2.02. The molecule has 0 fully saturated rings. The molecule has 0 spiro atoms. The molecule has 0 N–H and O–H groups in total. The lowest BCUT2D eigenvalue weighted by molar-refractivity contribution is 0.810. The summed E-state index contributed by atoms with van der Waals surface area (Å²) < 4.78 is 4.37. The van der Waals surface area contributed by atoms with Gasteiger partial charge in [0.05, 0.1) is 17.8 Å². The Hall–Kier alpha value is -2.55. The van der Waals surface area contributed by atoms with Crippen LogP contribution in [0.2, 0.25) is 0 Å². The Morgan fingerprint density at radius 2 is 1.95 bits per heavy atom. The van der Waals surface area contributed by atoms with E-state index in [9.17, 15) is 0 Å². The van der Waals surface area contributed by atoms with E-state index >= 15 is 0 Å². The first kappa shape index (κ1) is 12.2. The van der Waals surface area contributed by atoms with E-state index in [4.69, 9.17) is 4.98 Å². The van der Waals surface area contributed by atoms with Crippen LogP contribution < -0.4 is 0 Å². The van der Waals surface area contributed by atoms with Gasteiger partial charge in [0.1, 0.15) is 5.65 Å². The molecule has 0 aliphatic heterocycles. The normalized spacial score (nSPS) is 11.5. The van der Waals surface area contributed by atoms with Crippen LogP contribution in [0.1, 0.15) is 18.2 Å². The number of para-hydroxylation sites is 1. The van der Waals surface area contributed by atoms with Gasteiger partial charge in [-0.05, 0) is 35.6 Å². The molecule has 4 rings (SSSR count). The van der Waals surface area contributed by atoms with E-state index in [1.165, 1.54) is 16.5 Å². The van der Waals surface area contributed by atoms with E-state index in [-0.39, 0.29) is 0 Å². The largest absolute Gasteiger partial charge is 0.341 e. The van der Waals surface area contributed by atoms with Crippen LogP contribution in [-0.2, 0) is 13.0 Å². The number of aromatic nitrogens is 3. The fourth-order valence-electron chi connectivity index (χ4n) is 3.00. The van der Waals surface area contributed by atoms with Crippen molar-refractivity contribution in [3.8, 4) is 0 Å². The Balaban J connectivity index is 1.80. The summed E-state index contributed by atoms with van der Waals surface area (Å²) in [6, 6.07) is 14.8. The van der Waals surface area contributed by atoms with Crippen molar-refractivity contribution in [2.45, 2.75) is 19.9 Å². The highest BCUT2D eigenvalue weighted by Gasteiger charge is 2.07. The molecule has 1 aromatic carbocycles. The van der Waals surface area contributed by atoms with E-state index in [1.807, 2.05) is 24.4 Å². The van der Waals surface area contributed by atoms with Crippen molar-refractivity contribution in [1.82, 2.24) is 14.0 Å². The van der Waals surface area contributed by atoms with E-state index in [0.717, 1.165) is 24.3 Å². The van der Waals surface area contributed by atoms with Gasteiger partial charge in [-0.25, -0.2) is 4.98 Å². The molecule has 0 amide bonds. The minimum atomic E-state index is 0.808. The zero-order valence-electron chi connectivity index (χ0n) is 12.0. The molecule has 0 bridgehead atoms. The summed E-state index contributed by atoms with van der Waals surface area (Å²) in [7, 11) is 0. The fourth-order valence-corrected chi connectivity index (χ4v) is 3.00. The van der Waals surface area contributed by atoms with Gasteiger partial charge in [0.25, 0.3) is 0 Å². The summed E-state index contributed by atoms with van der Waals surface area (Å²) in [4.78, 5) is 4.69. The molecule has 0 radical (unpaired) electrons. The second kappa shape index (κ2) is 4.77. The zero-order valence-corrected chi connectivity index (χ0v) is 12.0. The van der Waals surface area contributed by atoms with Crippen molar-refractivity contribution in [3.63, 3.8) is 0 Å². The van der Waals surface area contributed by atoms with Crippen molar-refractivity contribution < 1.29 is 0 Å². The number of aryl methyl sites for hydroxylation is 1. The highest BCUT2D eigenvalue weighted by Crippen LogP contribution is 2.22. The van der Waals surface area contributed by atoms with Crippen LogP contribution in [0.25, 0.3) is 16.6 Å². The topological polar surface area (TPSA) is 22.2 Å². The monoisotopic (exact) mass is 275 g/mol. The van der Waals surface area contributed by atoms with Crippen LogP contribution in [0.15, 0.2) is 61.1 Å². The maximum Gasteiger partial charge on any atom is 0.137 e. The Bertz CT molecular complexity index is 881. The number of nitrogens with zero attached hydrogens (tertiary/aromatic N) is 3. The SMILES string of the molecule is CCc1cccc2ccn(Cc3cn4ccccc4n3)c12. The first-order chi connectivity index (χ1) is 10.3. The molecule has 3 heterocycles. The third-order valence-electron chi connectivity index (χ3n) is 4.00. The lowest BCUT2D eigenvalue weighted by Crippen LogP contribution is -2.00. The number of imidazole rings is 1. The van der Waals surface area contributed by atoms with Gasteiger partial charge in [0.2, 0.25) is 0 Å². The summed E-state index contributed by atoms with van der Waals surface area (Å²) in [6.45, 7) is 3.01. The molecule has 0 aliphatic rings. The molecule has 0 atom stereocenters. The molecular formula is C18H17N3. The number of benzene rings is 1. The smallest absolute Gasteiger partial charge is 0.137 e. The number of hydrogen-bond donors (Lipinski definition) is 0. The number of rotatable bonds is 3. The predicted octanol–water partition coefficient (Wildman–Crippen LogP) is 3.90. The van der Waals surface area contributed by atoms with Gasteiger partial charge in [-0.3, -0.25) is 0 Å². The highest BCUT2D eigenvalue weighted by molar-refractivity contribution is 5.83. The lowest BCUT2D eigenvalue weighted by Gasteiger charge is -2.07. The van der Waals surface area contributed by atoms with E-state index in [2.05, 4.69) is 52.6 Å². The van der Waals surface area contributed by atoms with E-state index < -0.39 is 0 Å². The van der Waals surface area contributed by atoms with Gasteiger partial charge in [0, 0.05) is 18.6 Å². The molecule has 0 aliphatic carbocycles. The van der Waals surface area contributed by atoms with Gasteiger partial charge in [-0.15, -0.1) is 0 Å². The third-order valence-corrected chi connectivity index (χ3v) is 4.00. The Labute approximate surface area is 123 Å². The molecule has 3 nitrogen and oxygen atoms in total. The predicted molar refractivity (Wildman–Crippen MR) is 85.6 cm³/mol. The maximum atomic E-state index is 4.69. The van der Waals surface area contributed by atoms with Crippen LogP contribution in [0, 0.1) is 0 Å². The molecular weight excluding hydrogens is 258 g/mol. The van der Waals surface area contributed by atoms with Crippen LogP contribution in [0.4, 0.5) is 0 Å². The minimum Gasteiger partial charge on any atom is -0.341 e. The minimum absolute atomic E-state index is 0.808. The van der Waals surface area contributed by atoms with Gasteiger partial charge in [-0.1, -0.05) is 31.2 Å². The first-order valence-electron chi connectivity index (χ1n) is 7.34. The van der Waals surface area contributed by atoms with Crippen molar-refractivity contribution in [2.24, 2.45) is 0 Å². The molecule has 3 aromatic heterocycles. The van der Waals surface area contributed by atoms with Crippen LogP contribution >= 0.6 is 0 Å². The Morgan fingerprint density at radius 3 is 2.81 bits per heavy atom. The summed E-state index contributed by atoms with van der Waals surface area (Å²) in [6.07, 6.45) is 7.35. The maximum absolute atomic E-state index is 4.69. The van der Waals surface area contributed by atoms with E-state index in [1.54, 1.807) is 0 Å². The average molecular weight is 275 g/mol. The molecule has 21 heavy (non-hydrogen) atoms. The summed E-state index contributed by atoms with van der Waals surface area (Å²) in [5.74, 6) is 0. The zero-order chi connectivity index (χ0) is 14.2. The second-order valence-corrected chi connectivity index (χ2v) is 5.35. The molecule has 4 aromatic rings. The first-order valence-corrected chi connectivity index (χ1v) is 7.34. The number of pyridine rings is 1. The Kier molecular flexibility index (Phi) is 2.78. The average Bonchev–Trinajstić information content (AvgIpc) is 3.11. The molecule has 0 unspecified atom stereocenters. The van der Waals surface area contributed by atoms with Crippen molar-refractivity contribution in [3.05, 3.63) is 72.3 Å². The van der Waals surface area contributed by atoms with Gasteiger partial charge < -0.3 is 8.97 Å². The van der Waals surface area contributed by atoms with Crippen molar-refractivity contribution in [2.75, 3.05) is 0 Å². The van der Waals surface area contributed by atoms with Crippen LogP contribution in [0.5, 0.6) is 0 Å². The number of fused-ring (bicyclic) bond motifs is 2. The van der Waals surface area contributed by atoms with Crippen LogP contribution in [-0.4, -0.2) is 14.0 Å². The molecule has 0 saturated carbocycles. The second-order valence-electron chi connectivity index (χ2n) is 5.35. The van der Waals surface area contributed by atoms with Crippen molar-refractivity contribution >= 4 is 16.6 Å². The van der Waals surface area contributed by atoms with E-state index in [0.29, 0.717) is 0 Å². The summed E-state index contributed by atoms with van der Waals surface area (Å²) in [5.41, 5.74) is 4.81. The lowest BCUT2D eigenvalue weighted by atomic mass is 10.1. The number of hydrogen-bond acceptors (Lipinski definition) is 1. The summed E-state index contributed by atoms with van der Waals surface area (Å²) >= 11 is 0. The highest BCUT2D eigenvalue weighted by atomic mass is 15.0. The molecule has 104 valence electrons. The van der Waals surface area contributed by atoms with Crippen LogP contribution in [0.3, 0.4) is 0 Å². The van der Waals surface area contributed by atoms with Gasteiger partial charge in [0.15, 0.2) is 0 Å². The quantitative estimate of drug-likeness (QED) is 0.556. The van der Waals surface area contributed by atoms with Crippen molar-refractivity contribution in [1.29, 1.82) is 0 Å². The summed E-state index contributed by atoms with van der Waals surface area (Å²) in [5, 5.41) is 1.30. The standard InChI is InChI=1S/C18H17N3/c1-2-14-6-5-7-15-9-11-21(18(14)15)13-16-12-20-10-4-3-8-17(20)19-16/h3-12H,2,13H2,1H3. The molecule has 0 saturated heterocycles. The van der Waals surface area contributed by atoms with Gasteiger partial charge in [-0.2, -0.15) is 0 Å². The Morgan fingerprint density at radius 1 is 1.00 bits per heavy atom. The van der Waals surface area contributed by atoms with Gasteiger partial charge >= 0.3 is 0 Å². The fraction of sp³-hybridized carbons (Fsp3) is 0.167.